The molecule has 0 bridgehead atoms. The average molecular weight is 296 g/mol. The quantitative estimate of drug-likeness (QED) is 0.793. The van der Waals surface area contributed by atoms with Gasteiger partial charge in [0.15, 0.2) is 0 Å². The summed E-state index contributed by atoms with van der Waals surface area (Å²) in [6.45, 7) is 5.30. The minimum atomic E-state index is -4.22. The highest BCUT2D eigenvalue weighted by atomic mass is 19.4. The van der Waals surface area contributed by atoms with Gasteiger partial charge in [-0.25, -0.2) is 0 Å². The number of halogens is 3. The Bertz CT molecular complexity index is 601. The molecular weight excluding hydrogens is 277 g/mol. The molecule has 0 saturated carbocycles. The Kier molecular flexibility index (Phi) is 4.73. The van der Waals surface area contributed by atoms with Crippen molar-refractivity contribution < 1.29 is 13.2 Å². The Labute approximate surface area is 122 Å². The summed E-state index contributed by atoms with van der Waals surface area (Å²) < 4.78 is 38.6. The number of aromatic amines is 1. The number of rotatable bonds is 6. The number of aromatic nitrogens is 1. The SMILES string of the molecule is C=CCN(CCc1c[nH]c2ccccc12)C(C)C(F)(F)F. The second-order valence-electron chi connectivity index (χ2n) is 5.11. The molecule has 0 amide bonds. The zero-order valence-corrected chi connectivity index (χ0v) is 12.0. The maximum atomic E-state index is 12.9. The van der Waals surface area contributed by atoms with Crippen LogP contribution < -0.4 is 0 Å². The first-order chi connectivity index (χ1) is 9.93. The molecule has 0 aliphatic rings. The molecule has 5 heteroatoms. The predicted octanol–water partition coefficient (Wildman–Crippen LogP) is 4.15. The standard InChI is InChI=1S/C16H19F3N2/c1-3-9-21(12(2)16(17,18)19)10-8-13-11-20-15-7-5-4-6-14(13)15/h3-7,11-12,20H,1,8-10H2,2H3. The van der Waals surface area contributed by atoms with Crippen molar-refractivity contribution in [1.82, 2.24) is 9.88 Å². The maximum Gasteiger partial charge on any atom is 0.403 e. The monoisotopic (exact) mass is 296 g/mol. The molecular formula is C16H19F3N2. The zero-order valence-electron chi connectivity index (χ0n) is 12.0. The summed E-state index contributed by atoms with van der Waals surface area (Å²) in [5, 5.41) is 1.07. The number of hydrogen-bond acceptors (Lipinski definition) is 1. The van der Waals surface area contributed by atoms with E-state index in [9.17, 15) is 13.2 Å². The Morgan fingerprint density at radius 3 is 2.71 bits per heavy atom. The molecule has 2 nitrogen and oxygen atoms in total. The first-order valence-corrected chi connectivity index (χ1v) is 6.90. The third-order valence-corrected chi connectivity index (χ3v) is 3.73. The molecule has 0 aliphatic carbocycles. The topological polar surface area (TPSA) is 19.0 Å². The molecule has 1 N–H and O–H groups in total. The largest absolute Gasteiger partial charge is 0.403 e. The average Bonchev–Trinajstić information content (AvgIpc) is 2.85. The van der Waals surface area contributed by atoms with Crippen LogP contribution in [0.25, 0.3) is 10.9 Å². The molecule has 1 unspecified atom stereocenters. The maximum absolute atomic E-state index is 12.9. The van der Waals surface area contributed by atoms with Gasteiger partial charge in [0.05, 0.1) is 0 Å². The van der Waals surface area contributed by atoms with Crippen LogP contribution in [0, 0.1) is 0 Å². The minimum Gasteiger partial charge on any atom is -0.361 e. The van der Waals surface area contributed by atoms with Crippen LogP contribution >= 0.6 is 0 Å². The number of benzene rings is 1. The lowest BCUT2D eigenvalue weighted by atomic mass is 10.1. The fourth-order valence-electron chi connectivity index (χ4n) is 2.42. The van der Waals surface area contributed by atoms with Crippen molar-refractivity contribution >= 4 is 10.9 Å². The second-order valence-corrected chi connectivity index (χ2v) is 5.11. The van der Waals surface area contributed by atoms with Gasteiger partial charge in [0.1, 0.15) is 6.04 Å². The lowest BCUT2D eigenvalue weighted by Crippen LogP contribution is -2.44. The van der Waals surface area contributed by atoms with E-state index in [1.54, 1.807) is 0 Å². The summed E-state index contributed by atoms with van der Waals surface area (Å²) in [5.74, 6) is 0. The van der Waals surface area contributed by atoms with Crippen molar-refractivity contribution in [2.45, 2.75) is 25.6 Å². The van der Waals surface area contributed by atoms with Crippen LogP contribution in [0.3, 0.4) is 0 Å². The Morgan fingerprint density at radius 2 is 2.05 bits per heavy atom. The Balaban J connectivity index is 2.10. The molecule has 2 rings (SSSR count). The zero-order chi connectivity index (χ0) is 15.5. The van der Waals surface area contributed by atoms with Gasteiger partial charge in [0, 0.05) is 30.2 Å². The van der Waals surface area contributed by atoms with Crippen molar-refractivity contribution in [2.75, 3.05) is 13.1 Å². The number of nitrogens with zero attached hydrogens (tertiary/aromatic N) is 1. The fraction of sp³-hybridized carbons (Fsp3) is 0.375. The van der Waals surface area contributed by atoms with Gasteiger partial charge in [0.25, 0.3) is 0 Å². The molecule has 21 heavy (non-hydrogen) atoms. The number of H-pyrrole nitrogens is 1. The van der Waals surface area contributed by atoms with Crippen molar-refractivity contribution in [1.29, 1.82) is 0 Å². The van der Waals surface area contributed by atoms with E-state index >= 15 is 0 Å². The second kappa shape index (κ2) is 6.35. The molecule has 1 heterocycles. The molecule has 1 atom stereocenters. The van der Waals surface area contributed by atoms with E-state index in [0.29, 0.717) is 13.0 Å². The third-order valence-electron chi connectivity index (χ3n) is 3.73. The highest BCUT2D eigenvalue weighted by molar-refractivity contribution is 5.83. The van der Waals surface area contributed by atoms with Crippen LogP contribution in [0.1, 0.15) is 12.5 Å². The molecule has 114 valence electrons. The number of alkyl halides is 3. The van der Waals surface area contributed by atoms with Crippen molar-refractivity contribution in [3.05, 3.63) is 48.7 Å². The summed E-state index contributed by atoms with van der Waals surface area (Å²) in [4.78, 5) is 4.54. The molecule has 0 aliphatic heterocycles. The van der Waals surface area contributed by atoms with Gasteiger partial charge >= 0.3 is 6.18 Å². The van der Waals surface area contributed by atoms with E-state index in [4.69, 9.17) is 0 Å². The molecule has 1 aromatic carbocycles. The first kappa shape index (κ1) is 15.6. The predicted molar refractivity (Wildman–Crippen MR) is 79.3 cm³/mol. The van der Waals surface area contributed by atoms with E-state index in [2.05, 4.69) is 11.6 Å². The van der Waals surface area contributed by atoms with Crippen LogP contribution in [0.15, 0.2) is 43.1 Å². The van der Waals surface area contributed by atoms with Crippen LogP contribution in [0.2, 0.25) is 0 Å². The van der Waals surface area contributed by atoms with E-state index in [1.165, 1.54) is 17.9 Å². The fourth-order valence-corrected chi connectivity index (χ4v) is 2.42. The van der Waals surface area contributed by atoms with Crippen LogP contribution in [0.5, 0.6) is 0 Å². The smallest absolute Gasteiger partial charge is 0.361 e. The highest BCUT2D eigenvalue weighted by Gasteiger charge is 2.39. The van der Waals surface area contributed by atoms with Crippen LogP contribution in [-0.2, 0) is 6.42 Å². The summed E-state index contributed by atoms with van der Waals surface area (Å²) >= 11 is 0. The lowest BCUT2D eigenvalue weighted by molar-refractivity contribution is -0.177. The molecule has 2 aromatic rings. The minimum absolute atomic E-state index is 0.225. The summed E-state index contributed by atoms with van der Waals surface area (Å²) in [6.07, 6.45) is -0.270. The van der Waals surface area contributed by atoms with Crippen molar-refractivity contribution in [3.63, 3.8) is 0 Å². The van der Waals surface area contributed by atoms with E-state index in [1.807, 2.05) is 30.5 Å². The summed E-state index contributed by atoms with van der Waals surface area (Å²) in [5.41, 5.74) is 2.04. The molecule has 0 saturated heterocycles. The number of nitrogens with one attached hydrogen (secondary N) is 1. The number of hydrogen-bond donors (Lipinski definition) is 1. The Morgan fingerprint density at radius 1 is 1.33 bits per heavy atom. The van der Waals surface area contributed by atoms with Gasteiger partial charge in [-0.2, -0.15) is 13.2 Å². The van der Waals surface area contributed by atoms with Crippen molar-refractivity contribution in [3.8, 4) is 0 Å². The van der Waals surface area contributed by atoms with Gasteiger partial charge in [-0.15, -0.1) is 6.58 Å². The van der Waals surface area contributed by atoms with Crippen molar-refractivity contribution in [2.24, 2.45) is 0 Å². The molecule has 1 aromatic heterocycles. The third kappa shape index (κ3) is 3.67. The summed E-state index contributed by atoms with van der Waals surface area (Å²) in [6, 6.07) is 6.32. The van der Waals surface area contributed by atoms with Gasteiger partial charge in [-0.3, -0.25) is 4.90 Å². The number of fused-ring (bicyclic) bond motifs is 1. The van der Waals surface area contributed by atoms with E-state index < -0.39 is 12.2 Å². The van der Waals surface area contributed by atoms with Gasteiger partial charge in [-0.05, 0) is 25.0 Å². The van der Waals surface area contributed by atoms with Crippen LogP contribution in [-0.4, -0.2) is 35.2 Å². The lowest BCUT2D eigenvalue weighted by Gasteiger charge is -2.29. The number of para-hydroxylation sites is 1. The molecule has 0 spiro atoms. The molecule has 0 radical (unpaired) electrons. The first-order valence-electron chi connectivity index (χ1n) is 6.90. The van der Waals surface area contributed by atoms with Gasteiger partial charge in [-0.1, -0.05) is 24.3 Å². The normalized spacial score (nSPS) is 13.8. The van der Waals surface area contributed by atoms with E-state index in [-0.39, 0.29) is 6.54 Å². The van der Waals surface area contributed by atoms with Gasteiger partial charge in [0.2, 0.25) is 0 Å². The molecule has 0 fully saturated rings. The highest BCUT2D eigenvalue weighted by Crippen LogP contribution is 2.25. The summed E-state index contributed by atoms with van der Waals surface area (Å²) in [7, 11) is 0. The van der Waals surface area contributed by atoms with Gasteiger partial charge < -0.3 is 4.98 Å². The van der Waals surface area contributed by atoms with Crippen LogP contribution in [0.4, 0.5) is 13.2 Å². The Hall–Kier alpha value is -1.75. The van der Waals surface area contributed by atoms with E-state index in [0.717, 1.165) is 16.5 Å².